The predicted molar refractivity (Wildman–Crippen MR) is 96.3 cm³/mol. The van der Waals surface area contributed by atoms with Gasteiger partial charge >= 0.3 is 12.2 Å². The van der Waals surface area contributed by atoms with Gasteiger partial charge in [-0.1, -0.05) is 19.2 Å². The van der Waals surface area contributed by atoms with E-state index in [4.69, 9.17) is 9.47 Å². The Labute approximate surface area is 153 Å². The Bertz CT molecular complexity index is 514. The van der Waals surface area contributed by atoms with Crippen molar-refractivity contribution in [1.29, 1.82) is 0 Å². The maximum atomic E-state index is 12.0. The minimum atomic E-state index is -0.892. The first kappa shape index (κ1) is 20.9. The second-order valence-corrected chi connectivity index (χ2v) is 6.27. The van der Waals surface area contributed by atoms with Crippen molar-refractivity contribution in [3.63, 3.8) is 0 Å². The van der Waals surface area contributed by atoms with Gasteiger partial charge < -0.3 is 25.0 Å². The second-order valence-electron chi connectivity index (χ2n) is 5.54. The molecule has 25 heavy (non-hydrogen) atoms. The van der Waals surface area contributed by atoms with Crippen LogP contribution in [0.5, 0.6) is 0 Å². The number of carbonyl (C=O) groups is 3. The Morgan fingerprint density at radius 3 is 2.72 bits per heavy atom. The fourth-order valence-electron chi connectivity index (χ4n) is 2.44. The highest BCUT2D eigenvalue weighted by atomic mass is 32.1. The first-order valence-corrected chi connectivity index (χ1v) is 8.45. The van der Waals surface area contributed by atoms with E-state index in [9.17, 15) is 14.4 Å². The minimum Gasteiger partial charge on any atom is -0.445 e. The third-order valence-corrected chi connectivity index (χ3v) is 3.87. The Morgan fingerprint density at radius 1 is 1.40 bits per heavy atom. The zero-order chi connectivity index (χ0) is 18.8. The summed E-state index contributed by atoms with van der Waals surface area (Å²) >= 11 is 4.42. The van der Waals surface area contributed by atoms with E-state index in [1.165, 1.54) is 19.1 Å². The van der Waals surface area contributed by atoms with Crippen molar-refractivity contribution in [3.8, 4) is 0 Å². The minimum absolute atomic E-state index is 0.0677. The smallest absolute Gasteiger partial charge is 0.410 e. The molecular weight excluding hydrogens is 346 g/mol. The molecule has 2 N–H and O–H groups in total. The lowest BCUT2D eigenvalue weighted by molar-refractivity contribution is -0.121. The lowest BCUT2D eigenvalue weighted by atomic mass is 10.1. The topological polar surface area (TPSA) is 97.0 Å². The number of alkyl carbamates (subject to hydrolysis) is 1. The van der Waals surface area contributed by atoms with E-state index in [-0.39, 0.29) is 23.8 Å². The maximum Gasteiger partial charge on any atom is 0.410 e. The van der Waals surface area contributed by atoms with Crippen molar-refractivity contribution < 1.29 is 23.9 Å². The molecule has 1 rings (SSSR count). The van der Waals surface area contributed by atoms with Crippen LogP contribution in [0.2, 0.25) is 0 Å². The lowest BCUT2D eigenvalue weighted by Crippen LogP contribution is -2.41. The van der Waals surface area contributed by atoms with Crippen LogP contribution >= 0.6 is 12.6 Å². The van der Waals surface area contributed by atoms with Crippen molar-refractivity contribution in [2.75, 3.05) is 19.7 Å². The molecule has 1 aliphatic heterocycles. The van der Waals surface area contributed by atoms with Crippen molar-refractivity contribution >= 4 is 30.7 Å². The van der Waals surface area contributed by atoms with Crippen LogP contribution in [0, 0.1) is 0 Å². The van der Waals surface area contributed by atoms with Crippen LogP contribution < -0.4 is 10.6 Å². The number of thiol groups is 1. The molecular formula is C16H25N3O5S. The molecule has 0 saturated carbocycles. The number of rotatable bonds is 8. The molecule has 0 spiro atoms. The van der Waals surface area contributed by atoms with Crippen LogP contribution in [-0.4, -0.2) is 60.2 Å². The lowest BCUT2D eigenvalue weighted by Gasteiger charge is -2.23. The first-order chi connectivity index (χ1) is 11.9. The number of nitrogens with zero attached hydrogens (tertiary/aromatic N) is 1. The molecule has 0 aromatic rings. The monoisotopic (exact) mass is 371 g/mol. The molecule has 1 aliphatic rings. The Balaban J connectivity index is 2.40. The van der Waals surface area contributed by atoms with Crippen LogP contribution in [0.3, 0.4) is 0 Å². The van der Waals surface area contributed by atoms with Crippen molar-refractivity contribution in [2.24, 2.45) is 0 Å². The molecule has 1 saturated heterocycles. The quantitative estimate of drug-likeness (QED) is 0.341. The van der Waals surface area contributed by atoms with Crippen molar-refractivity contribution in [3.05, 3.63) is 25.3 Å². The zero-order valence-corrected chi connectivity index (χ0v) is 15.2. The molecule has 0 aliphatic carbocycles. The highest BCUT2D eigenvalue weighted by Gasteiger charge is 2.34. The summed E-state index contributed by atoms with van der Waals surface area (Å²) in [7, 11) is 0. The summed E-state index contributed by atoms with van der Waals surface area (Å²) in [6.45, 7) is 9.24. The van der Waals surface area contributed by atoms with Gasteiger partial charge in [0.2, 0.25) is 5.91 Å². The summed E-state index contributed by atoms with van der Waals surface area (Å²) in [6.07, 6.45) is 2.07. The molecule has 1 fully saturated rings. The summed E-state index contributed by atoms with van der Waals surface area (Å²) in [5, 5.41) is 5.06. The van der Waals surface area contributed by atoms with Crippen LogP contribution in [0.4, 0.5) is 9.59 Å². The van der Waals surface area contributed by atoms with E-state index in [1.807, 2.05) is 0 Å². The van der Waals surface area contributed by atoms with Gasteiger partial charge in [0.05, 0.1) is 0 Å². The molecule has 0 aromatic carbocycles. The van der Waals surface area contributed by atoms with Crippen LogP contribution in [0.25, 0.3) is 0 Å². The second kappa shape index (κ2) is 10.7. The molecule has 0 radical (unpaired) electrons. The van der Waals surface area contributed by atoms with E-state index in [0.717, 1.165) is 0 Å². The summed E-state index contributed by atoms with van der Waals surface area (Å²) in [5.74, 6) is -0.336. The molecule has 1 unspecified atom stereocenters. The number of hydrogen-bond donors (Lipinski definition) is 3. The van der Waals surface area contributed by atoms with E-state index in [1.54, 1.807) is 4.90 Å². The number of ether oxygens (including phenoxy) is 2. The van der Waals surface area contributed by atoms with Gasteiger partial charge in [0.15, 0.2) is 6.23 Å². The largest absolute Gasteiger partial charge is 0.445 e. The highest BCUT2D eigenvalue weighted by Crippen LogP contribution is 2.24. The average Bonchev–Trinajstić information content (AvgIpc) is 2.92. The van der Waals surface area contributed by atoms with Gasteiger partial charge in [0.25, 0.3) is 0 Å². The summed E-state index contributed by atoms with van der Waals surface area (Å²) in [6, 6.07) is -0.0781. The average molecular weight is 371 g/mol. The summed E-state index contributed by atoms with van der Waals surface area (Å²) < 4.78 is 10.0. The number of hydrogen-bond acceptors (Lipinski definition) is 6. The number of nitrogens with one attached hydrogen (secondary N) is 2. The molecule has 140 valence electrons. The van der Waals surface area contributed by atoms with Gasteiger partial charge in [0.1, 0.15) is 6.61 Å². The van der Waals surface area contributed by atoms with Crippen molar-refractivity contribution in [1.82, 2.24) is 15.5 Å². The Hall–Kier alpha value is -2.16. The van der Waals surface area contributed by atoms with Gasteiger partial charge in [-0.15, -0.1) is 0 Å². The summed E-state index contributed by atoms with van der Waals surface area (Å²) in [4.78, 5) is 36.3. The number of likely N-dealkylation sites (tertiary alicyclic amines) is 1. The predicted octanol–water partition coefficient (Wildman–Crippen LogP) is 1.45. The fourth-order valence-corrected chi connectivity index (χ4v) is 2.86. The Kier molecular flexibility index (Phi) is 8.90. The molecule has 8 nitrogen and oxygen atoms in total. The van der Waals surface area contributed by atoms with E-state index in [2.05, 4.69) is 36.4 Å². The van der Waals surface area contributed by atoms with Gasteiger partial charge in [-0.3, -0.25) is 4.79 Å². The van der Waals surface area contributed by atoms with Gasteiger partial charge in [-0.25, -0.2) is 9.59 Å². The van der Waals surface area contributed by atoms with Crippen LogP contribution in [0.15, 0.2) is 25.3 Å². The van der Waals surface area contributed by atoms with Gasteiger partial charge in [-0.2, -0.15) is 12.6 Å². The fraction of sp³-hybridized carbons (Fsp3) is 0.562. The Morgan fingerprint density at radius 2 is 2.12 bits per heavy atom. The van der Waals surface area contributed by atoms with Crippen LogP contribution in [0.1, 0.15) is 19.8 Å². The number of carbonyl (C=O) groups excluding carboxylic acids is 3. The molecule has 3 atom stereocenters. The van der Waals surface area contributed by atoms with E-state index >= 15 is 0 Å². The standard InChI is InChI=1S/C16H25N3O5S/c1-4-8-23-16(22)19-10-13(25)9-12(19)6-7-17-15(21)24-14(5-2)18-11(3)20/h4-5,12-14,25H,1-2,6-10H2,3H3,(H,17,21)(H,18,20)/t12-,13-,14?/m0/s1. The third kappa shape index (κ3) is 7.51. The molecule has 3 amide bonds. The molecule has 0 aromatic heterocycles. The summed E-state index contributed by atoms with van der Waals surface area (Å²) in [5.41, 5.74) is 0. The first-order valence-electron chi connectivity index (χ1n) is 7.93. The number of amides is 3. The van der Waals surface area contributed by atoms with Crippen LogP contribution in [-0.2, 0) is 14.3 Å². The molecule has 1 heterocycles. The van der Waals surface area contributed by atoms with Gasteiger partial charge in [0, 0.05) is 31.3 Å². The SMILES string of the molecule is C=CCOC(=O)N1C[C@@H](S)C[C@@H]1CCNC(=O)OC(C=C)NC(C)=O. The van der Waals surface area contributed by atoms with Gasteiger partial charge in [-0.05, 0) is 18.9 Å². The van der Waals surface area contributed by atoms with E-state index in [0.29, 0.717) is 25.9 Å². The van der Waals surface area contributed by atoms with E-state index < -0.39 is 18.4 Å². The third-order valence-electron chi connectivity index (χ3n) is 3.49. The highest BCUT2D eigenvalue weighted by molar-refractivity contribution is 7.81. The zero-order valence-electron chi connectivity index (χ0n) is 14.3. The normalized spacial score (nSPS) is 20.3. The molecule has 0 bridgehead atoms. The maximum absolute atomic E-state index is 12.0. The van der Waals surface area contributed by atoms with Crippen molar-refractivity contribution in [2.45, 2.75) is 37.3 Å². The molecule has 9 heteroatoms.